The van der Waals surface area contributed by atoms with Crippen molar-refractivity contribution >= 4 is 23.1 Å². The quantitative estimate of drug-likeness (QED) is 0.653. The zero-order valence-electron chi connectivity index (χ0n) is 10.4. The van der Waals surface area contributed by atoms with Gasteiger partial charge in [0, 0.05) is 6.07 Å². The number of anilines is 1. The fourth-order valence-electron chi connectivity index (χ4n) is 1.72. The van der Waals surface area contributed by atoms with Crippen molar-refractivity contribution in [2.45, 2.75) is 6.04 Å². The third-order valence-electron chi connectivity index (χ3n) is 2.73. The van der Waals surface area contributed by atoms with Gasteiger partial charge >= 0.3 is 0 Å². The van der Waals surface area contributed by atoms with Gasteiger partial charge in [-0.15, -0.1) is 0 Å². The number of hydrogen-bond acceptors (Lipinski definition) is 5. The monoisotopic (exact) mass is 293 g/mol. The first-order chi connectivity index (χ1) is 9.61. The molecule has 20 heavy (non-hydrogen) atoms. The van der Waals surface area contributed by atoms with E-state index < -0.39 is 4.92 Å². The molecule has 0 bridgehead atoms. The van der Waals surface area contributed by atoms with Gasteiger partial charge in [-0.05, 0) is 5.56 Å². The van der Waals surface area contributed by atoms with Gasteiger partial charge in [0.2, 0.25) is 0 Å². The molecule has 6 nitrogen and oxygen atoms in total. The molecule has 1 aromatic heterocycles. The van der Waals surface area contributed by atoms with Gasteiger partial charge in [-0.2, -0.15) is 0 Å². The van der Waals surface area contributed by atoms with E-state index in [0.29, 0.717) is 5.82 Å². The van der Waals surface area contributed by atoms with Crippen LogP contribution in [0.25, 0.3) is 0 Å². The van der Waals surface area contributed by atoms with Crippen LogP contribution in [-0.4, -0.2) is 21.6 Å². The molecule has 1 atom stereocenters. The Morgan fingerprint density at radius 3 is 2.65 bits per heavy atom. The van der Waals surface area contributed by atoms with Crippen molar-refractivity contribution in [3.63, 3.8) is 0 Å². The Bertz CT molecular complexity index is 607. The second-order valence-corrected chi connectivity index (χ2v) is 4.48. The Morgan fingerprint density at radius 1 is 1.40 bits per heavy atom. The number of hydrogen-bond donors (Lipinski definition) is 2. The molecule has 1 aromatic carbocycles. The number of aromatic nitrogens is 1. The SMILES string of the molecule is O=[N+]([O-])c1cnc(N[C@@H](CO)c2ccccc2)c(Cl)c1. The molecule has 104 valence electrons. The van der Waals surface area contributed by atoms with Crippen LogP contribution >= 0.6 is 11.6 Å². The van der Waals surface area contributed by atoms with E-state index in [0.717, 1.165) is 11.8 Å². The number of nitrogens with one attached hydrogen (secondary N) is 1. The second kappa shape index (κ2) is 6.31. The molecule has 0 saturated heterocycles. The molecule has 2 N–H and O–H groups in total. The average Bonchev–Trinajstić information content (AvgIpc) is 2.46. The molecular weight excluding hydrogens is 282 g/mol. The van der Waals surface area contributed by atoms with Crippen molar-refractivity contribution in [3.8, 4) is 0 Å². The van der Waals surface area contributed by atoms with Crippen LogP contribution in [0.5, 0.6) is 0 Å². The molecule has 0 unspecified atom stereocenters. The maximum atomic E-state index is 10.6. The Hall–Kier alpha value is -2.18. The summed E-state index contributed by atoms with van der Waals surface area (Å²) in [6, 6.07) is 10.1. The smallest absolute Gasteiger partial charge is 0.289 e. The van der Waals surface area contributed by atoms with E-state index >= 15 is 0 Å². The number of pyridine rings is 1. The normalized spacial score (nSPS) is 11.9. The van der Waals surface area contributed by atoms with Crippen molar-refractivity contribution in [1.82, 2.24) is 4.98 Å². The molecule has 0 spiro atoms. The van der Waals surface area contributed by atoms with Gasteiger partial charge in [-0.25, -0.2) is 4.98 Å². The molecule has 2 aromatic rings. The number of benzene rings is 1. The van der Waals surface area contributed by atoms with E-state index in [2.05, 4.69) is 10.3 Å². The molecule has 0 amide bonds. The lowest BCUT2D eigenvalue weighted by atomic mass is 10.1. The lowest BCUT2D eigenvalue weighted by Crippen LogP contribution is -2.15. The largest absolute Gasteiger partial charge is 0.394 e. The minimum atomic E-state index is -0.566. The van der Waals surface area contributed by atoms with Crippen LogP contribution in [0.1, 0.15) is 11.6 Å². The predicted molar refractivity (Wildman–Crippen MR) is 75.8 cm³/mol. The third-order valence-corrected chi connectivity index (χ3v) is 3.02. The van der Waals surface area contributed by atoms with E-state index in [-0.39, 0.29) is 23.4 Å². The van der Waals surface area contributed by atoms with Crippen molar-refractivity contribution < 1.29 is 10.0 Å². The maximum absolute atomic E-state index is 10.6. The third kappa shape index (κ3) is 3.23. The minimum absolute atomic E-state index is 0.133. The van der Waals surface area contributed by atoms with Crippen LogP contribution in [0.15, 0.2) is 42.6 Å². The first-order valence-corrected chi connectivity index (χ1v) is 6.22. The highest BCUT2D eigenvalue weighted by molar-refractivity contribution is 6.33. The van der Waals surface area contributed by atoms with Gasteiger partial charge in [0.15, 0.2) is 0 Å². The molecule has 0 aliphatic rings. The highest BCUT2D eigenvalue weighted by atomic mass is 35.5. The number of halogens is 1. The Labute approximate surface area is 120 Å². The van der Waals surface area contributed by atoms with Gasteiger partial charge < -0.3 is 10.4 Å². The molecule has 2 rings (SSSR count). The summed E-state index contributed by atoms with van der Waals surface area (Å²) >= 11 is 5.95. The van der Waals surface area contributed by atoms with Crippen molar-refractivity contribution in [2.75, 3.05) is 11.9 Å². The first kappa shape index (κ1) is 14.2. The molecule has 1 heterocycles. The number of aliphatic hydroxyl groups is 1. The molecule has 7 heteroatoms. The zero-order valence-corrected chi connectivity index (χ0v) is 11.1. The summed E-state index contributed by atoms with van der Waals surface area (Å²) in [5.74, 6) is 0.292. The predicted octanol–water partition coefficient (Wildman–Crippen LogP) is 2.79. The lowest BCUT2D eigenvalue weighted by molar-refractivity contribution is -0.385. The summed E-state index contributed by atoms with van der Waals surface area (Å²) < 4.78 is 0. The van der Waals surface area contributed by atoms with Crippen molar-refractivity contribution in [3.05, 3.63) is 63.3 Å². The van der Waals surface area contributed by atoms with Gasteiger partial charge in [0.05, 0.1) is 22.6 Å². The van der Waals surface area contributed by atoms with E-state index in [1.807, 2.05) is 30.3 Å². The molecule has 0 aliphatic heterocycles. The highest BCUT2D eigenvalue weighted by Gasteiger charge is 2.15. The van der Waals surface area contributed by atoms with Gasteiger partial charge in [-0.3, -0.25) is 10.1 Å². The zero-order chi connectivity index (χ0) is 14.5. The fourth-order valence-corrected chi connectivity index (χ4v) is 1.93. The summed E-state index contributed by atoms with van der Waals surface area (Å²) in [4.78, 5) is 14.0. The van der Waals surface area contributed by atoms with Crippen LogP contribution in [-0.2, 0) is 0 Å². The van der Waals surface area contributed by atoms with E-state index in [1.165, 1.54) is 6.07 Å². The van der Waals surface area contributed by atoms with E-state index in [9.17, 15) is 15.2 Å². The van der Waals surface area contributed by atoms with Crippen LogP contribution in [0.2, 0.25) is 5.02 Å². The molecule has 0 radical (unpaired) electrons. The molecule has 0 aliphatic carbocycles. The van der Waals surface area contributed by atoms with Gasteiger partial charge in [-0.1, -0.05) is 41.9 Å². The topological polar surface area (TPSA) is 88.3 Å². The lowest BCUT2D eigenvalue weighted by Gasteiger charge is -2.17. The van der Waals surface area contributed by atoms with Crippen molar-refractivity contribution in [2.24, 2.45) is 0 Å². The number of nitrogens with zero attached hydrogens (tertiary/aromatic N) is 2. The van der Waals surface area contributed by atoms with Gasteiger partial charge in [0.25, 0.3) is 5.69 Å². The highest BCUT2D eigenvalue weighted by Crippen LogP contribution is 2.27. The summed E-state index contributed by atoms with van der Waals surface area (Å²) in [7, 11) is 0. The summed E-state index contributed by atoms with van der Waals surface area (Å²) in [5.41, 5.74) is 0.687. The Balaban J connectivity index is 2.22. The second-order valence-electron chi connectivity index (χ2n) is 4.07. The molecule has 0 fully saturated rings. The fraction of sp³-hybridized carbons (Fsp3) is 0.154. The number of nitro groups is 1. The minimum Gasteiger partial charge on any atom is -0.394 e. The number of rotatable bonds is 5. The van der Waals surface area contributed by atoms with E-state index in [1.54, 1.807) is 0 Å². The maximum Gasteiger partial charge on any atom is 0.289 e. The summed E-state index contributed by atoms with van der Waals surface area (Å²) in [5, 5.41) is 23.1. The first-order valence-electron chi connectivity index (χ1n) is 5.84. The van der Waals surface area contributed by atoms with Gasteiger partial charge in [0.1, 0.15) is 12.0 Å². The molecule has 0 saturated carbocycles. The summed E-state index contributed by atoms with van der Waals surface area (Å²) in [6.07, 6.45) is 1.12. The standard InChI is InChI=1S/C13H12ClN3O3/c14-11-6-10(17(19)20)7-15-13(11)16-12(8-18)9-4-2-1-3-5-9/h1-7,12,18H,8H2,(H,15,16)/t12-/m0/s1. The van der Waals surface area contributed by atoms with Crippen molar-refractivity contribution in [1.29, 1.82) is 0 Å². The summed E-state index contributed by atoms with van der Waals surface area (Å²) in [6.45, 7) is -0.154. The number of aliphatic hydroxyl groups excluding tert-OH is 1. The van der Waals surface area contributed by atoms with Crippen LogP contribution in [0, 0.1) is 10.1 Å². The van der Waals surface area contributed by atoms with Crippen LogP contribution < -0.4 is 5.32 Å². The average molecular weight is 294 g/mol. The van der Waals surface area contributed by atoms with E-state index in [4.69, 9.17) is 11.6 Å². The van der Waals surface area contributed by atoms with Crippen LogP contribution in [0.4, 0.5) is 11.5 Å². The molecular formula is C13H12ClN3O3. The Morgan fingerprint density at radius 2 is 2.10 bits per heavy atom. The van der Waals surface area contributed by atoms with Crippen LogP contribution in [0.3, 0.4) is 0 Å². The Kier molecular flexibility index (Phi) is 4.49.